The van der Waals surface area contributed by atoms with E-state index in [4.69, 9.17) is 14.2 Å². The highest BCUT2D eigenvalue weighted by Gasteiger charge is 2.25. The summed E-state index contributed by atoms with van der Waals surface area (Å²) in [6, 6.07) is 13.5. The summed E-state index contributed by atoms with van der Waals surface area (Å²) in [6.45, 7) is 5.22. The highest BCUT2D eigenvalue weighted by atomic mass is 19.3. The second-order valence-electron chi connectivity index (χ2n) is 10.1. The fourth-order valence-electron chi connectivity index (χ4n) is 5.11. The number of nitrogens with zero attached hydrogens (tertiary/aromatic N) is 6. The number of hydrogen-bond donors (Lipinski definition) is 1. The molecular weight excluding hydrogens is 548 g/mol. The van der Waals surface area contributed by atoms with Crippen LogP contribution in [0.25, 0.3) is 16.9 Å². The first-order valence-corrected chi connectivity index (χ1v) is 13.7. The van der Waals surface area contributed by atoms with Crippen LogP contribution < -0.4 is 19.7 Å². The van der Waals surface area contributed by atoms with Gasteiger partial charge in [0.05, 0.1) is 24.2 Å². The van der Waals surface area contributed by atoms with Gasteiger partial charge in [-0.15, -0.1) is 0 Å². The maximum absolute atomic E-state index is 14.1. The number of amides is 1. The number of carbonyl (C=O) groups excluding carboxylic acids is 1. The summed E-state index contributed by atoms with van der Waals surface area (Å²) in [6.07, 6.45) is -2.83. The van der Waals surface area contributed by atoms with Crippen molar-refractivity contribution in [3.63, 3.8) is 0 Å². The van der Waals surface area contributed by atoms with E-state index in [1.807, 2.05) is 23.1 Å². The lowest BCUT2D eigenvalue weighted by atomic mass is 10.1. The van der Waals surface area contributed by atoms with Crippen LogP contribution in [0.2, 0.25) is 0 Å². The molecule has 0 radical (unpaired) electrons. The Morgan fingerprint density at radius 3 is 2.50 bits per heavy atom. The third-order valence-corrected chi connectivity index (χ3v) is 7.16. The Labute approximate surface area is 241 Å². The lowest BCUT2D eigenvalue weighted by Gasteiger charge is -2.29. The Balaban J connectivity index is 1.28. The number of para-hydroxylation sites is 2. The summed E-state index contributed by atoms with van der Waals surface area (Å²) < 4.78 is 46.4. The largest absolute Gasteiger partial charge is 0.486 e. The Morgan fingerprint density at radius 2 is 1.71 bits per heavy atom. The number of likely N-dealkylation sites (N-methyl/N-ethyl adjacent to an activating group) is 1. The quantitative estimate of drug-likeness (QED) is 0.333. The number of hydrogen-bond acceptors (Lipinski definition) is 9. The van der Waals surface area contributed by atoms with E-state index in [1.54, 1.807) is 49.2 Å². The lowest BCUT2D eigenvalue weighted by molar-refractivity contribution is -0.130. The molecule has 0 aliphatic carbocycles. The predicted octanol–water partition coefficient (Wildman–Crippen LogP) is 3.82. The summed E-state index contributed by atoms with van der Waals surface area (Å²) >= 11 is 0. The number of halogens is 2. The van der Waals surface area contributed by atoms with Gasteiger partial charge in [0.1, 0.15) is 30.9 Å². The second-order valence-corrected chi connectivity index (χ2v) is 10.1. The van der Waals surface area contributed by atoms with Crippen molar-refractivity contribution in [1.29, 1.82) is 0 Å². The molecule has 2 aromatic heterocycles. The van der Waals surface area contributed by atoms with Gasteiger partial charge in [-0.05, 0) is 36.8 Å². The van der Waals surface area contributed by atoms with Gasteiger partial charge < -0.3 is 29.3 Å². The Morgan fingerprint density at radius 1 is 0.976 bits per heavy atom. The van der Waals surface area contributed by atoms with Crippen LogP contribution in [0.3, 0.4) is 0 Å². The molecule has 0 unspecified atom stereocenters. The molecular formula is C29H31F2N7O4. The third-order valence-electron chi connectivity index (χ3n) is 7.16. The van der Waals surface area contributed by atoms with Gasteiger partial charge in [-0.3, -0.25) is 9.36 Å². The number of ether oxygens (including phenoxy) is 3. The number of fused-ring (bicyclic) bond motifs is 2. The first kappa shape index (κ1) is 27.6. The zero-order valence-corrected chi connectivity index (χ0v) is 23.3. The summed E-state index contributed by atoms with van der Waals surface area (Å²) in [5.41, 5.74) is 1.81. The van der Waals surface area contributed by atoms with Crippen molar-refractivity contribution in [2.45, 2.75) is 25.9 Å². The summed E-state index contributed by atoms with van der Waals surface area (Å²) in [7, 11) is 1.71. The minimum Gasteiger partial charge on any atom is -0.486 e. The zero-order valence-electron chi connectivity index (χ0n) is 23.3. The molecule has 1 atom stereocenters. The maximum Gasteiger partial charge on any atom is 0.296 e. The van der Waals surface area contributed by atoms with Crippen LogP contribution in [0.4, 0.5) is 20.5 Å². The van der Waals surface area contributed by atoms with E-state index in [2.05, 4.69) is 20.3 Å². The lowest BCUT2D eigenvalue weighted by Crippen LogP contribution is -2.39. The number of anilines is 2. The molecule has 42 heavy (non-hydrogen) atoms. The number of benzene rings is 2. The molecule has 1 N–H and O–H groups in total. The number of alkyl halides is 2. The molecule has 0 saturated carbocycles. The Bertz CT molecular complexity index is 1590. The number of imidazole rings is 1. The Kier molecular flexibility index (Phi) is 7.74. The second kappa shape index (κ2) is 11.8. The SMILES string of the molecule is C[C@H](Nc1nc(N2CCOCC2)cc(-n2c(C(F)F)nc3ccccc32)n1)C(=O)N(C)Cc1ccc2c(c1)OCCO2. The molecule has 0 bridgehead atoms. The van der Waals surface area contributed by atoms with Crippen molar-refractivity contribution < 1.29 is 27.8 Å². The average Bonchev–Trinajstić information content (AvgIpc) is 3.41. The van der Waals surface area contributed by atoms with E-state index >= 15 is 0 Å². The van der Waals surface area contributed by atoms with Crippen LogP contribution in [0, 0.1) is 0 Å². The number of morpholine rings is 1. The van der Waals surface area contributed by atoms with Crippen LogP contribution in [-0.4, -0.2) is 82.9 Å². The normalized spacial score (nSPS) is 15.6. The molecule has 0 spiro atoms. The minimum absolute atomic E-state index is 0.139. The van der Waals surface area contributed by atoms with E-state index < -0.39 is 18.3 Å². The van der Waals surface area contributed by atoms with Crippen molar-refractivity contribution >= 4 is 28.7 Å². The van der Waals surface area contributed by atoms with Gasteiger partial charge >= 0.3 is 0 Å². The molecule has 2 aliphatic rings. The first-order valence-electron chi connectivity index (χ1n) is 13.7. The van der Waals surface area contributed by atoms with E-state index in [0.717, 1.165) is 5.56 Å². The van der Waals surface area contributed by atoms with Crippen LogP contribution in [0.15, 0.2) is 48.5 Å². The molecule has 11 nitrogen and oxygen atoms in total. The van der Waals surface area contributed by atoms with Gasteiger partial charge in [-0.25, -0.2) is 13.8 Å². The fourth-order valence-corrected chi connectivity index (χ4v) is 5.11. The molecule has 1 amide bonds. The average molecular weight is 580 g/mol. The van der Waals surface area contributed by atoms with Crippen LogP contribution in [0.5, 0.6) is 11.5 Å². The molecule has 13 heteroatoms. The molecule has 4 aromatic rings. The topological polar surface area (TPSA) is 107 Å². The maximum atomic E-state index is 14.1. The van der Waals surface area contributed by atoms with E-state index in [-0.39, 0.29) is 17.7 Å². The number of rotatable bonds is 8. The molecule has 1 saturated heterocycles. The van der Waals surface area contributed by atoms with E-state index in [0.29, 0.717) is 74.4 Å². The number of nitrogens with one attached hydrogen (secondary N) is 1. The molecule has 2 aromatic carbocycles. The minimum atomic E-state index is -2.83. The standard InChI is InChI=1S/C29H31F2N7O4/c1-18(28(39)36(2)17-19-7-8-22-23(15-19)42-14-13-41-22)32-29-34-24(37-9-11-40-12-10-37)16-25(35-29)38-21-6-4-3-5-20(21)33-27(38)26(30)31/h3-8,15-16,18,26H,9-14,17H2,1-2H3,(H,32,34,35)/t18-/m0/s1. The summed E-state index contributed by atoms with van der Waals surface area (Å²) in [5, 5.41) is 3.10. The zero-order chi connectivity index (χ0) is 29.2. The van der Waals surface area contributed by atoms with Crippen molar-refractivity contribution in [1.82, 2.24) is 24.4 Å². The van der Waals surface area contributed by atoms with Crippen molar-refractivity contribution in [2.75, 3.05) is 56.8 Å². The Hall–Kier alpha value is -4.52. The van der Waals surface area contributed by atoms with Crippen molar-refractivity contribution in [2.24, 2.45) is 0 Å². The van der Waals surface area contributed by atoms with Gasteiger partial charge in [-0.1, -0.05) is 18.2 Å². The predicted molar refractivity (Wildman–Crippen MR) is 152 cm³/mol. The third kappa shape index (κ3) is 5.64. The molecule has 1 fully saturated rings. The van der Waals surface area contributed by atoms with E-state index in [9.17, 15) is 13.6 Å². The van der Waals surface area contributed by atoms with E-state index in [1.165, 1.54) is 4.57 Å². The van der Waals surface area contributed by atoms with Crippen LogP contribution >= 0.6 is 0 Å². The van der Waals surface area contributed by atoms with Gasteiger partial charge in [0.2, 0.25) is 11.9 Å². The van der Waals surface area contributed by atoms with Gasteiger partial charge in [0, 0.05) is 32.7 Å². The van der Waals surface area contributed by atoms with Gasteiger partial charge in [-0.2, -0.15) is 9.97 Å². The number of aromatic nitrogens is 4. The molecule has 4 heterocycles. The molecule has 6 rings (SSSR count). The highest BCUT2D eigenvalue weighted by molar-refractivity contribution is 5.84. The fraction of sp³-hybridized carbons (Fsp3) is 0.379. The monoisotopic (exact) mass is 579 g/mol. The highest BCUT2D eigenvalue weighted by Crippen LogP contribution is 2.32. The van der Waals surface area contributed by atoms with Gasteiger partial charge in [0.15, 0.2) is 17.3 Å². The summed E-state index contributed by atoms with van der Waals surface area (Å²) in [5.74, 6) is 1.62. The first-order chi connectivity index (χ1) is 20.4. The number of carbonyl (C=O) groups is 1. The van der Waals surface area contributed by atoms with Crippen molar-refractivity contribution in [3.8, 4) is 17.3 Å². The molecule has 220 valence electrons. The van der Waals surface area contributed by atoms with Crippen LogP contribution in [-0.2, 0) is 16.1 Å². The van der Waals surface area contributed by atoms with Crippen LogP contribution in [0.1, 0.15) is 24.7 Å². The molecule has 2 aliphatic heterocycles. The van der Waals surface area contributed by atoms with Gasteiger partial charge in [0.25, 0.3) is 6.43 Å². The smallest absolute Gasteiger partial charge is 0.296 e. The summed E-state index contributed by atoms with van der Waals surface area (Å²) in [4.78, 5) is 30.4. The van der Waals surface area contributed by atoms with Crippen molar-refractivity contribution in [3.05, 3.63) is 59.9 Å².